The van der Waals surface area contributed by atoms with Crippen LogP contribution in [0.1, 0.15) is 39.2 Å². The topological polar surface area (TPSA) is 12.5 Å². The lowest BCUT2D eigenvalue weighted by atomic mass is 9.92. The molecule has 1 aliphatic rings. The number of hydrogen-bond donors (Lipinski definition) is 0. The summed E-state index contributed by atoms with van der Waals surface area (Å²) in [6, 6.07) is 9.17. The average Bonchev–Trinajstić information content (AvgIpc) is 2.50. The van der Waals surface area contributed by atoms with Gasteiger partial charge in [-0.05, 0) is 50.1 Å². The number of benzene rings is 1. The fraction of sp³-hybridized carbons (Fsp3) is 0.667. The van der Waals surface area contributed by atoms with E-state index in [1.807, 2.05) is 11.8 Å². The van der Waals surface area contributed by atoms with Crippen molar-refractivity contribution >= 4 is 11.8 Å². The molecule has 0 aliphatic carbocycles. The van der Waals surface area contributed by atoms with Crippen molar-refractivity contribution in [1.29, 1.82) is 0 Å². The van der Waals surface area contributed by atoms with Crippen LogP contribution in [0, 0.1) is 0 Å². The van der Waals surface area contributed by atoms with Crippen LogP contribution in [-0.2, 0) is 11.2 Å². The van der Waals surface area contributed by atoms with Gasteiger partial charge in [-0.25, -0.2) is 0 Å². The largest absolute Gasteiger partial charge is 0.379 e. The summed E-state index contributed by atoms with van der Waals surface area (Å²) in [4.78, 5) is 3.96. The van der Waals surface area contributed by atoms with Crippen LogP contribution < -0.4 is 0 Å². The molecule has 1 aromatic carbocycles. The van der Waals surface area contributed by atoms with Crippen molar-refractivity contribution < 1.29 is 4.74 Å². The van der Waals surface area contributed by atoms with E-state index in [2.05, 4.69) is 49.9 Å². The number of nitrogens with zero attached hydrogens (tertiary/aromatic N) is 1. The summed E-state index contributed by atoms with van der Waals surface area (Å²) >= 11 is 1.97. The molecule has 0 spiro atoms. The van der Waals surface area contributed by atoms with E-state index in [1.54, 1.807) is 0 Å². The zero-order valence-electron chi connectivity index (χ0n) is 13.7. The summed E-state index contributed by atoms with van der Waals surface area (Å²) in [5.74, 6) is 1.23. The van der Waals surface area contributed by atoms with Crippen LogP contribution in [0.2, 0.25) is 0 Å². The minimum atomic E-state index is 0.209. The Bertz CT molecular complexity index is 410. The van der Waals surface area contributed by atoms with Crippen LogP contribution in [0.3, 0.4) is 0 Å². The quantitative estimate of drug-likeness (QED) is 0.552. The molecule has 0 bridgehead atoms. The van der Waals surface area contributed by atoms with Crippen molar-refractivity contribution in [3.8, 4) is 0 Å². The Hall–Kier alpha value is -0.510. The van der Waals surface area contributed by atoms with Crippen LogP contribution in [0.15, 0.2) is 29.2 Å². The molecule has 1 aliphatic heterocycles. The molecule has 2 rings (SSSR count). The summed E-state index contributed by atoms with van der Waals surface area (Å²) in [5, 5.41) is 0. The van der Waals surface area contributed by atoms with Gasteiger partial charge < -0.3 is 4.74 Å². The normalized spacial score (nSPS) is 17.1. The van der Waals surface area contributed by atoms with Gasteiger partial charge in [0.1, 0.15) is 0 Å². The molecule has 1 aromatic rings. The zero-order chi connectivity index (χ0) is 15.1. The van der Waals surface area contributed by atoms with Crippen LogP contribution in [0.5, 0.6) is 0 Å². The van der Waals surface area contributed by atoms with E-state index in [0.717, 1.165) is 32.7 Å². The second-order valence-electron chi connectivity index (χ2n) is 6.43. The Labute approximate surface area is 134 Å². The van der Waals surface area contributed by atoms with E-state index in [9.17, 15) is 0 Å². The van der Waals surface area contributed by atoms with Crippen LogP contribution >= 0.6 is 11.8 Å². The first-order valence-electron chi connectivity index (χ1n) is 8.16. The summed E-state index contributed by atoms with van der Waals surface area (Å²) < 4.78 is 5.46. The van der Waals surface area contributed by atoms with Gasteiger partial charge in [-0.1, -0.05) is 25.5 Å². The van der Waals surface area contributed by atoms with Gasteiger partial charge in [-0.15, -0.1) is 11.8 Å². The number of thioether (sulfide) groups is 1. The minimum Gasteiger partial charge on any atom is -0.379 e. The fourth-order valence-corrected chi connectivity index (χ4v) is 3.82. The van der Waals surface area contributed by atoms with Crippen molar-refractivity contribution in [3.63, 3.8) is 0 Å². The summed E-state index contributed by atoms with van der Waals surface area (Å²) in [5.41, 5.74) is 1.65. The Balaban J connectivity index is 1.89. The maximum Gasteiger partial charge on any atom is 0.0594 e. The first-order valence-corrected chi connectivity index (χ1v) is 9.15. The van der Waals surface area contributed by atoms with Crippen molar-refractivity contribution in [1.82, 2.24) is 4.90 Å². The molecule has 3 heteroatoms. The summed E-state index contributed by atoms with van der Waals surface area (Å²) in [6.07, 6.45) is 3.68. The molecule has 0 unspecified atom stereocenters. The van der Waals surface area contributed by atoms with Gasteiger partial charge in [0.2, 0.25) is 0 Å². The molecule has 1 saturated heterocycles. The predicted molar refractivity (Wildman–Crippen MR) is 92.2 cm³/mol. The first kappa shape index (κ1) is 16.9. The molecular weight excluding hydrogens is 278 g/mol. The van der Waals surface area contributed by atoms with Crippen molar-refractivity contribution in [2.24, 2.45) is 0 Å². The molecule has 118 valence electrons. The molecule has 0 N–H and O–H groups in total. The Morgan fingerprint density at radius 3 is 2.43 bits per heavy atom. The molecule has 0 amide bonds. The highest BCUT2D eigenvalue weighted by Gasteiger charge is 2.28. The summed E-state index contributed by atoms with van der Waals surface area (Å²) in [7, 11) is 0. The molecule has 0 atom stereocenters. The van der Waals surface area contributed by atoms with Gasteiger partial charge in [0.05, 0.1) is 13.2 Å². The monoisotopic (exact) mass is 307 g/mol. The third kappa shape index (κ3) is 5.32. The highest BCUT2D eigenvalue weighted by atomic mass is 32.2. The maximum absolute atomic E-state index is 5.46. The Morgan fingerprint density at radius 1 is 1.14 bits per heavy atom. The molecular formula is C18H29NOS. The number of hydrogen-bond acceptors (Lipinski definition) is 3. The standard InChI is InChI=1S/C18H29NOS/c1-4-5-14-21-17-8-6-16(7-9-17)15-18(2,3)19-10-12-20-13-11-19/h6-9H,4-5,10-15H2,1-3H3. The average molecular weight is 308 g/mol. The molecule has 2 nitrogen and oxygen atoms in total. The van der Waals surface area contributed by atoms with E-state index in [4.69, 9.17) is 4.74 Å². The summed E-state index contributed by atoms with van der Waals surface area (Å²) in [6.45, 7) is 10.8. The van der Waals surface area contributed by atoms with E-state index in [-0.39, 0.29) is 5.54 Å². The molecule has 1 fully saturated rings. The van der Waals surface area contributed by atoms with Crippen molar-refractivity contribution in [2.45, 2.75) is 50.5 Å². The Kier molecular flexibility index (Phi) is 6.59. The third-order valence-electron chi connectivity index (χ3n) is 4.19. The van der Waals surface area contributed by atoms with Crippen molar-refractivity contribution in [2.75, 3.05) is 32.1 Å². The lowest BCUT2D eigenvalue weighted by Crippen LogP contribution is -2.51. The van der Waals surface area contributed by atoms with Gasteiger partial charge in [-0.2, -0.15) is 0 Å². The number of ether oxygens (including phenoxy) is 1. The van der Waals surface area contributed by atoms with E-state index in [1.165, 1.54) is 29.1 Å². The van der Waals surface area contributed by atoms with Crippen LogP contribution in [0.4, 0.5) is 0 Å². The highest BCUT2D eigenvalue weighted by Crippen LogP contribution is 2.24. The molecule has 21 heavy (non-hydrogen) atoms. The molecule has 1 heterocycles. The van der Waals surface area contributed by atoms with Gasteiger partial charge in [0, 0.05) is 23.5 Å². The number of morpholine rings is 1. The molecule has 0 saturated carbocycles. The lowest BCUT2D eigenvalue weighted by molar-refractivity contribution is -0.00984. The SMILES string of the molecule is CCCCSc1ccc(CC(C)(C)N2CCOCC2)cc1. The first-order chi connectivity index (χ1) is 10.1. The van der Waals surface area contributed by atoms with Gasteiger partial charge in [0.25, 0.3) is 0 Å². The Morgan fingerprint density at radius 2 is 1.81 bits per heavy atom. The van der Waals surface area contributed by atoms with Crippen LogP contribution in [0.25, 0.3) is 0 Å². The second kappa shape index (κ2) is 8.21. The van der Waals surface area contributed by atoms with Gasteiger partial charge >= 0.3 is 0 Å². The predicted octanol–water partition coefficient (Wildman–Crippen LogP) is 4.23. The third-order valence-corrected chi connectivity index (χ3v) is 5.29. The van der Waals surface area contributed by atoms with Crippen molar-refractivity contribution in [3.05, 3.63) is 29.8 Å². The second-order valence-corrected chi connectivity index (χ2v) is 7.60. The van der Waals surface area contributed by atoms with E-state index in [0.29, 0.717) is 0 Å². The zero-order valence-corrected chi connectivity index (χ0v) is 14.5. The lowest BCUT2D eigenvalue weighted by Gasteiger charge is -2.41. The number of unbranched alkanes of at least 4 members (excludes halogenated alkanes) is 1. The van der Waals surface area contributed by atoms with Gasteiger partial charge in [-0.3, -0.25) is 4.90 Å². The maximum atomic E-state index is 5.46. The smallest absolute Gasteiger partial charge is 0.0594 e. The fourth-order valence-electron chi connectivity index (χ4n) is 2.82. The molecule has 0 radical (unpaired) electrons. The molecule has 0 aromatic heterocycles. The van der Waals surface area contributed by atoms with E-state index >= 15 is 0 Å². The minimum absolute atomic E-state index is 0.209. The van der Waals surface area contributed by atoms with Crippen LogP contribution in [-0.4, -0.2) is 42.5 Å². The number of rotatable bonds is 7. The van der Waals surface area contributed by atoms with Gasteiger partial charge in [0.15, 0.2) is 0 Å². The highest BCUT2D eigenvalue weighted by molar-refractivity contribution is 7.99. The van der Waals surface area contributed by atoms with E-state index < -0.39 is 0 Å².